The van der Waals surface area contributed by atoms with Gasteiger partial charge in [-0.2, -0.15) is 15.0 Å². The Morgan fingerprint density at radius 2 is 1.62 bits per heavy atom. The summed E-state index contributed by atoms with van der Waals surface area (Å²) in [6, 6.07) is 0.612. The van der Waals surface area contributed by atoms with Crippen LogP contribution in [0.4, 0.5) is 17.8 Å². The number of hydrogen-bond acceptors (Lipinski definition) is 6. The maximum Gasteiger partial charge on any atom is 0.232 e. The van der Waals surface area contributed by atoms with Gasteiger partial charge in [-0.15, -0.1) is 0 Å². The van der Waals surface area contributed by atoms with Gasteiger partial charge in [-0.3, -0.25) is 0 Å². The molecule has 21 heavy (non-hydrogen) atoms. The smallest absolute Gasteiger partial charge is 0.232 e. The third-order valence-corrected chi connectivity index (χ3v) is 3.78. The second-order valence-electron chi connectivity index (χ2n) is 5.38. The molecule has 1 N–H and O–H groups in total. The van der Waals surface area contributed by atoms with E-state index in [0.29, 0.717) is 12.0 Å². The first kappa shape index (κ1) is 15.8. The van der Waals surface area contributed by atoms with Gasteiger partial charge in [0.1, 0.15) is 0 Å². The number of hydrogen-bond donors (Lipinski definition) is 1. The molecule has 118 valence electrons. The molecule has 0 aliphatic heterocycles. The fraction of sp³-hybridized carbons (Fsp3) is 0.800. The van der Waals surface area contributed by atoms with Crippen molar-refractivity contribution in [3.05, 3.63) is 0 Å². The second-order valence-corrected chi connectivity index (χ2v) is 5.38. The monoisotopic (exact) mass is 292 g/mol. The third-order valence-electron chi connectivity index (χ3n) is 3.78. The molecule has 0 radical (unpaired) electrons. The minimum atomic E-state index is 0.612. The fourth-order valence-corrected chi connectivity index (χ4v) is 2.40. The van der Waals surface area contributed by atoms with Gasteiger partial charge < -0.3 is 15.1 Å². The van der Waals surface area contributed by atoms with Gasteiger partial charge >= 0.3 is 0 Å². The minimum absolute atomic E-state index is 0.612. The van der Waals surface area contributed by atoms with Gasteiger partial charge in [0, 0.05) is 32.2 Å². The van der Waals surface area contributed by atoms with Crippen LogP contribution in [0.5, 0.6) is 0 Å². The summed E-state index contributed by atoms with van der Waals surface area (Å²) in [6.07, 6.45) is 3.55. The van der Waals surface area contributed by atoms with Gasteiger partial charge in [0.15, 0.2) is 0 Å². The molecular formula is C15H28N6. The lowest BCUT2D eigenvalue weighted by molar-refractivity contribution is 0.758. The molecule has 1 aliphatic rings. The lowest BCUT2D eigenvalue weighted by atomic mass is 10.5. The van der Waals surface area contributed by atoms with Crippen LogP contribution in [-0.4, -0.2) is 47.2 Å². The SMILES string of the molecule is CCCNc1nc(N(CC)CC)nc(N(CC)C2CC2)n1. The predicted molar refractivity (Wildman–Crippen MR) is 88.2 cm³/mol. The van der Waals surface area contributed by atoms with E-state index >= 15 is 0 Å². The van der Waals surface area contributed by atoms with Crippen LogP contribution in [0.25, 0.3) is 0 Å². The zero-order valence-corrected chi connectivity index (χ0v) is 13.8. The number of nitrogens with one attached hydrogen (secondary N) is 1. The zero-order chi connectivity index (χ0) is 15.2. The highest BCUT2D eigenvalue weighted by Crippen LogP contribution is 2.30. The van der Waals surface area contributed by atoms with Crippen LogP contribution in [0.3, 0.4) is 0 Å². The number of nitrogens with zero attached hydrogens (tertiary/aromatic N) is 5. The van der Waals surface area contributed by atoms with E-state index in [4.69, 9.17) is 4.98 Å². The van der Waals surface area contributed by atoms with Crippen LogP contribution in [0, 0.1) is 0 Å². The highest BCUT2D eigenvalue weighted by atomic mass is 15.4. The highest BCUT2D eigenvalue weighted by molar-refractivity contribution is 5.46. The van der Waals surface area contributed by atoms with E-state index in [1.54, 1.807) is 0 Å². The van der Waals surface area contributed by atoms with Gasteiger partial charge in [-0.25, -0.2) is 0 Å². The Hall–Kier alpha value is -1.59. The average molecular weight is 292 g/mol. The molecule has 0 saturated heterocycles. The molecule has 1 saturated carbocycles. The summed E-state index contributed by atoms with van der Waals surface area (Å²) < 4.78 is 0. The summed E-state index contributed by atoms with van der Waals surface area (Å²) >= 11 is 0. The molecule has 0 atom stereocenters. The van der Waals surface area contributed by atoms with Crippen molar-refractivity contribution in [1.29, 1.82) is 0 Å². The molecule has 0 spiro atoms. The lowest BCUT2D eigenvalue weighted by Gasteiger charge is -2.24. The molecule has 6 nitrogen and oxygen atoms in total. The molecule has 1 fully saturated rings. The Bertz CT molecular complexity index is 442. The van der Waals surface area contributed by atoms with Crippen LogP contribution >= 0.6 is 0 Å². The van der Waals surface area contributed by atoms with Crippen LogP contribution in [-0.2, 0) is 0 Å². The topological polar surface area (TPSA) is 57.2 Å². The Labute approximate surface area is 128 Å². The summed E-state index contributed by atoms with van der Waals surface area (Å²) in [6.45, 7) is 12.2. The van der Waals surface area contributed by atoms with Gasteiger partial charge in [0.25, 0.3) is 0 Å². The average Bonchev–Trinajstić information content (AvgIpc) is 3.32. The summed E-state index contributed by atoms with van der Waals surface area (Å²) in [7, 11) is 0. The van der Waals surface area contributed by atoms with E-state index in [-0.39, 0.29) is 0 Å². The van der Waals surface area contributed by atoms with Crippen LogP contribution < -0.4 is 15.1 Å². The van der Waals surface area contributed by atoms with Crippen LogP contribution in [0.2, 0.25) is 0 Å². The van der Waals surface area contributed by atoms with E-state index in [1.807, 2.05) is 0 Å². The molecule has 1 aliphatic carbocycles. The highest BCUT2D eigenvalue weighted by Gasteiger charge is 2.30. The minimum Gasteiger partial charge on any atom is -0.354 e. The fourth-order valence-electron chi connectivity index (χ4n) is 2.40. The summed E-state index contributed by atoms with van der Waals surface area (Å²) in [5.74, 6) is 2.29. The second kappa shape index (κ2) is 7.43. The zero-order valence-electron chi connectivity index (χ0n) is 13.8. The molecule has 2 rings (SSSR count). The van der Waals surface area contributed by atoms with Crippen molar-refractivity contribution < 1.29 is 0 Å². The molecular weight excluding hydrogens is 264 g/mol. The van der Waals surface area contributed by atoms with Crippen molar-refractivity contribution in [3.8, 4) is 0 Å². The first-order valence-electron chi connectivity index (χ1n) is 8.24. The third kappa shape index (κ3) is 3.95. The van der Waals surface area contributed by atoms with Crippen LogP contribution in [0.1, 0.15) is 47.0 Å². The van der Waals surface area contributed by atoms with E-state index in [0.717, 1.165) is 44.5 Å². The van der Waals surface area contributed by atoms with Gasteiger partial charge in [-0.1, -0.05) is 6.92 Å². The van der Waals surface area contributed by atoms with Crippen molar-refractivity contribution in [2.75, 3.05) is 41.3 Å². The van der Waals surface area contributed by atoms with E-state index < -0.39 is 0 Å². The summed E-state index contributed by atoms with van der Waals surface area (Å²) in [4.78, 5) is 18.4. The first-order valence-corrected chi connectivity index (χ1v) is 8.24. The van der Waals surface area contributed by atoms with Crippen molar-refractivity contribution >= 4 is 17.8 Å². The Morgan fingerprint density at radius 3 is 2.14 bits per heavy atom. The molecule has 1 aromatic rings. The standard InChI is InChI=1S/C15H28N6/c1-5-11-16-13-17-14(20(6-2)7-3)19-15(18-13)21(8-4)12-9-10-12/h12H,5-11H2,1-4H3,(H,16,17,18,19). The molecule has 0 unspecified atom stereocenters. The van der Waals surface area contributed by atoms with Crippen molar-refractivity contribution in [2.45, 2.75) is 53.0 Å². The van der Waals surface area contributed by atoms with Crippen molar-refractivity contribution in [3.63, 3.8) is 0 Å². The van der Waals surface area contributed by atoms with Crippen molar-refractivity contribution in [1.82, 2.24) is 15.0 Å². The first-order chi connectivity index (χ1) is 10.2. The largest absolute Gasteiger partial charge is 0.354 e. The molecule has 1 aromatic heterocycles. The Morgan fingerprint density at radius 1 is 0.952 bits per heavy atom. The number of aromatic nitrogens is 3. The van der Waals surface area contributed by atoms with E-state index in [9.17, 15) is 0 Å². The Kier molecular flexibility index (Phi) is 5.59. The quantitative estimate of drug-likeness (QED) is 0.755. The maximum absolute atomic E-state index is 4.71. The summed E-state index contributed by atoms with van der Waals surface area (Å²) in [5, 5.41) is 3.30. The molecule has 0 amide bonds. The lowest BCUT2D eigenvalue weighted by Crippen LogP contribution is -2.30. The molecule has 1 heterocycles. The molecule has 0 aromatic carbocycles. The van der Waals surface area contributed by atoms with Gasteiger partial charge in [0.2, 0.25) is 17.8 Å². The van der Waals surface area contributed by atoms with E-state index in [2.05, 4.69) is 52.8 Å². The number of rotatable bonds is 9. The van der Waals surface area contributed by atoms with Crippen molar-refractivity contribution in [2.24, 2.45) is 0 Å². The van der Waals surface area contributed by atoms with E-state index in [1.165, 1.54) is 12.8 Å². The van der Waals surface area contributed by atoms with Gasteiger partial charge in [0.05, 0.1) is 0 Å². The maximum atomic E-state index is 4.71. The predicted octanol–water partition coefficient (Wildman–Crippen LogP) is 2.53. The summed E-state index contributed by atoms with van der Waals surface area (Å²) in [5.41, 5.74) is 0. The van der Waals surface area contributed by atoms with Crippen LogP contribution in [0.15, 0.2) is 0 Å². The Balaban J connectivity index is 2.30. The molecule has 6 heteroatoms. The number of anilines is 3. The molecule has 0 bridgehead atoms. The normalized spacial score (nSPS) is 14.1. The van der Waals surface area contributed by atoms with Gasteiger partial charge in [-0.05, 0) is 40.0 Å².